The van der Waals surface area contributed by atoms with Crippen molar-refractivity contribution in [3.63, 3.8) is 0 Å². The highest BCUT2D eigenvalue weighted by atomic mass is 32.2. The highest BCUT2D eigenvalue weighted by Gasteiger charge is 2.35. The predicted octanol–water partition coefficient (Wildman–Crippen LogP) is 5.66. The summed E-state index contributed by atoms with van der Waals surface area (Å²) in [5.41, 5.74) is 0.246. The van der Waals surface area contributed by atoms with E-state index < -0.39 is 29.3 Å². The molecule has 36 heavy (non-hydrogen) atoms. The Hall–Kier alpha value is -3.73. The maximum absolute atomic E-state index is 13.4. The number of nitrogens with zero attached hydrogens (tertiary/aromatic N) is 4. The molecule has 0 fully saturated rings. The maximum atomic E-state index is 13.4. The van der Waals surface area contributed by atoms with Crippen LogP contribution in [0.3, 0.4) is 0 Å². The number of carbonyl (C=O) groups is 1. The normalized spacial score (nSPS) is 12.4. The first kappa shape index (κ1) is 25.4. The van der Waals surface area contributed by atoms with E-state index in [1.807, 2.05) is 6.07 Å². The summed E-state index contributed by atoms with van der Waals surface area (Å²) in [5.74, 6) is -0.335. The number of hydrogen-bond donors (Lipinski definition) is 1. The van der Waals surface area contributed by atoms with Crippen LogP contribution in [0.2, 0.25) is 0 Å². The molecule has 0 saturated heterocycles. The average molecular weight is 516 g/mol. The molecule has 0 aliphatic heterocycles. The number of nitrogens with one attached hydrogen (secondary N) is 1. The third-order valence-corrected chi connectivity index (χ3v) is 6.34. The lowest BCUT2D eigenvalue weighted by Crippen LogP contribution is -2.30. The highest BCUT2D eigenvalue weighted by Crippen LogP contribution is 2.32. The summed E-state index contributed by atoms with van der Waals surface area (Å²) in [6.45, 7) is 1.97. The molecule has 0 aliphatic rings. The zero-order valence-electron chi connectivity index (χ0n) is 19.0. The van der Waals surface area contributed by atoms with Crippen molar-refractivity contribution in [2.24, 2.45) is 0 Å². The molecule has 0 bridgehead atoms. The minimum absolute atomic E-state index is 0.331. The standard InChI is InChI=1S/C25H21F4N5OS/c1-16(31-23(35)20-6-2-3-7-21(20)25(27,28)29)22-32-33-24(34(22)14-18-5-4-12-30-13-18)36-15-17-8-10-19(26)11-9-17/h2-13,16H,14-15H2,1H3,(H,31,35). The Balaban J connectivity index is 1.59. The Labute approximate surface area is 208 Å². The molecule has 186 valence electrons. The molecule has 0 spiro atoms. The number of hydrogen-bond acceptors (Lipinski definition) is 5. The molecule has 0 saturated carbocycles. The van der Waals surface area contributed by atoms with E-state index in [1.165, 1.54) is 36.0 Å². The van der Waals surface area contributed by atoms with Crippen LogP contribution in [0.1, 0.15) is 45.8 Å². The van der Waals surface area contributed by atoms with Crippen LogP contribution < -0.4 is 5.32 Å². The van der Waals surface area contributed by atoms with Crippen LogP contribution in [-0.2, 0) is 18.5 Å². The molecule has 6 nitrogen and oxygen atoms in total. The van der Waals surface area contributed by atoms with Crippen LogP contribution in [0.4, 0.5) is 17.6 Å². The second kappa shape index (κ2) is 10.9. The number of halogens is 4. The van der Waals surface area contributed by atoms with Gasteiger partial charge in [0, 0.05) is 18.1 Å². The zero-order valence-corrected chi connectivity index (χ0v) is 19.9. The van der Waals surface area contributed by atoms with Crippen LogP contribution in [0.25, 0.3) is 0 Å². The maximum Gasteiger partial charge on any atom is 0.417 e. The van der Waals surface area contributed by atoms with Gasteiger partial charge in [-0.25, -0.2) is 4.39 Å². The third kappa shape index (κ3) is 6.09. The van der Waals surface area contributed by atoms with Crippen LogP contribution in [0, 0.1) is 5.82 Å². The van der Waals surface area contributed by atoms with E-state index >= 15 is 0 Å². The van der Waals surface area contributed by atoms with Crippen molar-refractivity contribution in [2.75, 3.05) is 0 Å². The van der Waals surface area contributed by atoms with E-state index in [-0.39, 0.29) is 5.82 Å². The van der Waals surface area contributed by atoms with Gasteiger partial charge in [0.25, 0.3) is 5.91 Å². The summed E-state index contributed by atoms with van der Waals surface area (Å²) >= 11 is 1.37. The number of pyridine rings is 1. The SMILES string of the molecule is CC(NC(=O)c1ccccc1C(F)(F)F)c1nnc(SCc2ccc(F)cc2)n1Cc1cccnc1. The summed E-state index contributed by atoms with van der Waals surface area (Å²) in [6.07, 6.45) is -1.34. The van der Waals surface area contributed by atoms with E-state index in [1.54, 1.807) is 42.1 Å². The third-order valence-electron chi connectivity index (χ3n) is 5.30. The minimum atomic E-state index is -4.67. The molecule has 0 aliphatic carbocycles. The van der Waals surface area contributed by atoms with E-state index in [0.717, 1.165) is 23.3 Å². The van der Waals surface area contributed by atoms with Gasteiger partial charge in [-0.2, -0.15) is 13.2 Å². The number of alkyl halides is 3. The Morgan fingerprint density at radius 2 is 1.78 bits per heavy atom. The summed E-state index contributed by atoms with van der Waals surface area (Å²) in [7, 11) is 0. The second-order valence-electron chi connectivity index (χ2n) is 7.94. The van der Waals surface area contributed by atoms with Crippen LogP contribution in [-0.4, -0.2) is 25.7 Å². The van der Waals surface area contributed by atoms with Crippen LogP contribution >= 0.6 is 11.8 Å². The number of thioether (sulfide) groups is 1. The van der Waals surface area contributed by atoms with Gasteiger partial charge in [-0.15, -0.1) is 10.2 Å². The minimum Gasteiger partial charge on any atom is -0.342 e. The van der Waals surface area contributed by atoms with Crippen LogP contribution in [0.5, 0.6) is 0 Å². The van der Waals surface area contributed by atoms with E-state index in [9.17, 15) is 22.4 Å². The Bertz CT molecular complexity index is 1330. The van der Waals surface area contributed by atoms with Crippen molar-refractivity contribution >= 4 is 17.7 Å². The fourth-order valence-corrected chi connectivity index (χ4v) is 4.45. The molecule has 11 heteroatoms. The number of benzene rings is 2. The van der Waals surface area contributed by atoms with E-state index in [4.69, 9.17) is 0 Å². The van der Waals surface area contributed by atoms with Crippen molar-refractivity contribution in [3.05, 3.63) is 107 Å². The van der Waals surface area contributed by atoms with Crippen molar-refractivity contribution < 1.29 is 22.4 Å². The molecule has 0 radical (unpaired) electrons. The molecule has 2 heterocycles. The first-order chi connectivity index (χ1) is 17.2. The first-order valence-corrected chi connectivity index (χ1v) is 11.9. The molecule has 2 aromatic carbocycles. The van der Waals surface area contributed by atoms with Gasteiger partial charge in [-0.3, -0.25) is 14.3 Å². The monoisotopic (exact) mass is 515 g/mol. The van der Waals surface area contributed by atoms with Gasteiger partial charge < -0.3 is 5.32 Å². The lowest BCUT2D eigenvalue weighted by atomic mass is 10.1. The molecule has 4 aromatic rings. The number of amides is 1. The Morgan fingerprint density at radius 3 is 2.47 bits per heavy atom. The largest absolute Gasteiger partial charge is 0.417 e. The molecule has 1 N–H and O–H groups in total. The fraction of sp³-hybridized carbons (Fsp3) is 0.200. The van der Waals surface area contributed by atoms with Crippen LogP contribution in [0.15, 0.2) is 78.2 Å². The molecule has 1 unspecified atom stereocenters. The Morgan fingerprint density at radius 1 is 1.03 bits per heavy atom. The quantitative estimate of drug-likeness (QED) is 0.242. The van der Waals surface area contributed by atoms with Crippen molar-refractivity contribution in [3.8, 4) is 0 Å². The lowest BCUT2D eigenvalue weighted by molar-refractivity contribution is -0.137. The van der Waals surface area contributed by atoms with Gasteiger partial charge in [0.2, 0.25) is 0 Å². The number of carbonyl (C=O) groups excluding carboxylic acids is 1. The first-order valence-electron chi connectivity index (χ1n) is 10.9. The van der Waals surface area contributed by atoms with Gasteiger partial charge in [0.15, 0.2) is 11.0 Å². The summed E-state index contributed by atoms with van der Waals surface area (Å²) in [5, 5.41) is 11.6. The molecular formula is C25H21F4N5OS. The number of aromatic nitrogens is 4. The summed E-state index contributed by atoms with van der Waals surface area (Å²) in [4.78, 5) is 16.9. The van der Waals surface area contributed by atoms with Gasteiger partial charge in [0.05, 0.1) is 23.7 Å². The van der Waals surface area contributed by atoms with Gasteiger partial charge in [0.1, 0.15) is 5.82 Å². The summed E-state index contributed by atoms with van der Waals surface area (Å²) in [6, 6.07) is 13.6. The average Bonchev–Trinajstić information content (AvgIpc) is 3.26. The fourth-order valence-electron chi connectivity index (χ4n) is 3.55. The van der Waals surface area contributed by atoms with Crippen molar-refractivity contribution in [2.45, 2.75) is 36.6 Å². The number of rotatable bonds is 8. The zero-order chi connectivity index (χ0) is 25.7. The molecule has 2 aromatic heterocycles. The highest BCUT2D eigenvalue weighted by molar-refractivity contribution is 7.98. The van der Waals surface area contributed by atoms with E-state index in [0.29, 0.717) is 23.3 Å². The lowest BCUT2D eigenvalue weighted by Gasteiger charge is -2.18. The molecule has 1 atom stereocenters. The molecule has 4 rings (SSSR count). The van der Waals surface area contributed by atoms with Crippen molar-refractivity contribution in [1.82, 2.24) is 25.1 Å². The van der Waals surface area contributed by atoms with Gasteiger partial charge in [-0.05, 0) is 48.4 Å². The Kier molecular flexibility index (Phi) is 7.68. The molecular weight excluding hydrogens is 494 g/mol. The second-order valence-corrected chi connectivity index (χ2v) is 8.88. The smallest absolute Gasteiger partial charge is 0.342 e. The topological polar surface area (TPSA) is 72.7 Å². The van der Waals surface area contributed by atoms with Gasteiger partial charge in [-0.1, -0.05) is 42.1 Å². The van der Waals surface area contributed by atoms with E-state index in [2.05, 4.69) is 20.5 Å². The predicted molar refractivity (Wildman–Crippen MR) is 127 cm³/mol. The van der Waals surface area contributed by atoms with Crippen molar-refractivity contribution in [1.29, 1.82) is 0 Å². The molecule has 1 amide bonds. The summed E-state index contributed by atoms with van der Waals surface area (Å²) < 4.78 is 55.2. The van der Waals surface area contributed by atoms with Gasteiger partial charge >= 0.3 is 6.18 Å².